The Hall–Kier alpha value is -0.670. The van der Waals surface area contributed by atoms with Gasteiger partial charge in [-0.1, -0.05) is 32.4 Å². The maximum atomic E-state index is 5.70. The van der Waals surface area contributed by atoms with Gasteiger partial charge in [0.2, 0.25) is 0 Å². The molecule has 1 atom stereocenters. The third-order valence-electron chi connectivity index (χ3n) is 2.95. The standard InChI is InChI=1S/C15H25NOS/c1-3-13(2)12-18-11-10-17-15-6-4-14(5-7-15)8-9-16/h4-7,13H,3,8-12,16H2,1-2H3. The van der Waals surface area contributed by atoms with Crippen LogP contribution in [0.2, 0.25) is 0 Å². The van der Waals surface area contributed by atoms with Crippen LogP contribution in [0.25, 0.3) is 0 Å². The molecule has 1 unspecified atom stereocenters. The molecule has 0 amide bonds. The fourth-order valence-electron chi connectivity index (χ4n) is 1.54. The van der Waals surface area contributed by atoms with Crippen molar-refractivity contribution in [3.8, 4) is 5.75 Å². The highest BCUT2D eigenvalue weighted by Crippen LogP contribution is 2.14. The lowest BCUT2D eigenvalue weighted by Crippen LogP contribution is -2.04. The Balaban J connectivity index is 2.15. The molecule has 0 aliphatic carbocycles. The van der Waals surface area contributed by atoms with E-state index in [9.17, 15) is 0 Å². The van der Waals surface area contributed by atoms with E-state index >= 15 is 0 Å². The summed E-state index contributed by atoms with van der Waals surface area (Å²) in [6.07, 6.45) is 2.20. The highest BCUT2D eigenvalue weighted by Gasteiger charge is 1.99. The Morgan fingerprint density at radius 3 is 2.61 bits per heavy atom. The third kappa shape index (κ3) is 6.31. The van der Waals surface area contributed by atoms with Crippen molar-refractivity contribution in [1.29, 1.82) is 0 Å². The van der Waals surface area contributed by atoms with Crippen LogP contribution in [0.5, 0.6) is 5.75 Å². The van der Waals surface area contributed by atoms with Crippen molar-refractivity contribution in [1.82, 2.24) is 0 Å². The Kier molecular flexibility index (Phi) is 7.94. The molecule has 0 aromatic heterocycles. The van der Waals surface area contributed by atoms with Gasteiger partial charge in [-0.3, -0.25) is 0 Å². The van der Waals surface area contributed by atoms with Gasteiger partial charge in [-0.25, -0.2) is 0 Å². The Labute approximate surface area is 115 Å². The van der Waals surface area contributed by atoms with E-state index in [0.717, 1.165) is 30.4 Å². The summed E-state index contributed by atoms with van der Waals surface area (Å²) in [5, 5.41) is 0. The molecule has 1 aromatic rings. The van der Waals surface area contributed by atoms with Gasteiger partial charge in [-0.2, -0.15) is 11.8 Å². The van der Waals surface area contributed by atoms with E-state index in [1.807, 2.05) is 23.9 Å². The molecule has 0 spiro atoms. The van der Waals surface area contributed by atoms with Crippen LogP contribution in [0, 0.1) is 5.92 Å². The van der Waals surface area contributed by atoms with E-state index in [1.54, 1.807) is 0 Å². The molecule has 2 nitrogen and oxygen atoms in total. The third-order valence-corrected chi connectivity index (χ3v) is 4.21. The largest absolute Gasteiger partial charge is 0.493 e. The monoisotopic (exact) mass is 267 g/mol. The highest BCUT2D eigenvalue weighted by atomic mass is 32.2. The van der Waals surface area contributed by atoms with Gasteiger partial charge < -0.3 is 10.5 Å². The van der Waals surface area contributed by atoms with Crippen LogP contribution in [-0.2, 0) is 6.42 Å². The first-order chi connectivity index (χ1) is 8.76. The maximum absolute atomic E-state index is 5.70. The van der Waals surface area contributed by atoms with Gasteiger partial charge in [-0.15, -0.1) is 0 Å². The minimum absolute atomic E-state index is 0.701. The molecule has 0 saturated heterocycles. The maximum Gasteiger partial charge on any atom is 0.119 e. The number of hydrogen-bond donors (Lipinski definition) is 1. The molecule has 3 heteroatoms. The SMILES string of the molecule is CCC(C)CSCCOc1ccc(CCN)cc1. The predicted octanol–water partition coefficient (Wildman–Crippen LogP) is 3.35. The summed E-state index contributed by atoms with van der Waals surface area (Å²) in [6, 6.07) is 8.25. The fourth-order valence-corrected chi connectivity index (χ4v) is 2.55. The lowest BCUT2D eigenvalue weighted by molar-refractivity contribution is 0.344. The Morgan fingerprint density at radius 1 is 1.28 bits per heavy atom. The van der Waals surface area contributed by atoms with Crippen LogP contribution in [0.15, 0.2) is 24.3 Å². The average Bonchev–Trinajstić information content (AvgIpc) is 2.40. The van der Waals surface area contributed by atoms with Crippen LogP contribution in [-0.4, -0.2) is 24.7 Å². The molecule has 0 aliphatic rings. The van der Waals surface area contributed by atoms with Gasteiger partial charge in [0, 0.05) is 5.75 Å². The fraction of sp³-hybridized carbons (Fsp3) is 0.600. The first-order valence-corrected chi connectivity index (χ1v) is 7.91. The van der Waals surface area contributed by atoms with Gasteiger partial charge in [0.05, 0.1) is 6.61 Å². The predicted molar refractivity (Wildman–Crippen MR) is 81.5 cm³/mol. The Bertz CT molecular complexity index is 313. The van der Waals surface area contributed by atoms with Gasteiger partial charge in [0.1, 0.15) is 5.75 Å². The molecule has 102 valence electrons. The first kappa shape index (κ1) is 15.4. The van der Waals surface area contributed by atoms with Crippen molar-refractivity contribution in [3.05, 3.63) is 29.8 Å². The number of benzene rings is 1. The van der Waals surface area contributed by atoms with Crippen molar-refractivity contribution in [3.63, 3.8) is 0 Å². The van der Waals surface area contributed by atoms with Crippen LogP contribution >= 0.6 is 11.8 Å². The second-order valence-corrected chi connectivity index (χ2v) is 5.77. The van der Waals surface area contributed by atoms with E-state index < -0.39 is 0 Å². The highest BCUT2D eigenvalue weighted by molar-refractivity contribution is 7.99. The molecule has 0 aliphatic heterocycles. The molecule has 0 saturated carbocycles. The summed E-state index contributed by atoms with van der Waals surface area (Å²) in [6.45, 7) is 6.03. The summed E-state index contributed by atoms with van der Waals surface area (Å²) >= 11 is 1.97. The Morgan fingerprint density at radius 2 is 2.00 bits per heavy atom. The molecule has 0 radical (unpaired) electrons. The van der Waals surface area contributed by atoms with Crippen LogP contribution in [0.1, 0.15) is 25.8 Å². The molecule has 1 aromatic carbocycles. The summed E-state index contributed by atoms with van der Waals surface area (Å²) < 4.78 is 5.70. The van der Waals surface area contributed by atoms with Crippen LogP contribution < -0.4 is 10.5 Å². The molecular formula is C15H25NOS. The lowest BCUT2D eigenvalue weighted by Gasteiger charge is -2.09. The lowest BCUT2D eigenvalue weighted by atomic mass is 10.1. The minimum Gasteiger partial charge on any atom is -0.493 e. The number of rotatable bonds is 9. The van der Waals surface area contributed by atoms with Crippen LogP contribution in [0.4, 0.5) is 0 Å². The average molecular weight is 267 g/mol. The van der Waals surface area contributed by atoms with Crippen LogP contribution in [0.3, 0.4) is 0 Å². The van der Waals surface area contributed by atoms with Crippen molar-refractivity contribution in [2.45, 2.75) is 26.7 Å². The molecule has 0 bridgehead atoms. The van der Waals surface area contributed by atoms with Gasteiger partial charge in [0.15, 0.2) is 0 Å². The number of thioether (sulfide) groups is 1. The minimum atomic E-state index is 0.701. The van der Waals surface area contributed by atoms with Gasteiger partial charge in [-0.05, 0) is 42.3 Å². The van der Waals surface area contributed by atoms with E-state index in [0.29, 0.717) is 6.54 Å². The molecule has 0 fully saturated rings. The van der Waals surface area contributed by atoms with Crippen molar-refractivity contribution < 1.29 is 4.74 Å². The zero-order chi connectivity index (χ0) is 13.2. The summed E-state index contributed by atoms with van der Waals surface area (Å²) in [5.41, 5.74) is 6.79. The number of hydrogen-bond acceptors (Lipinski definition) is 3. The summed E-state index contributed by atoms with van der Waals surface area (Å²) in [4.78, 5) is 0. The summed E-state index contributed by atoms with van der Waals surface area (Å²) in [7, 11) is 0. The van der Waals surface area contributed by atoms with Crippen molar-refractivity contribution in [2.75, 3.05) is 24.7 Å². The number of ether oxygens (including phenoxy) is 1. The molecule has 2 N–H and O–H groups in total. The molecule has 1 rings (SSSR count). The molecule has 18 heavy (non-hydrogen) atoms. The zero-order valence-corrected chi connectivity index (χ0v) is 12.3. The summed E-state index contributed by atoms with van der Waals surface area (Å²) in [5.74, 6) is 4.06. The smallest absolute Gasteiger partial charge is 0.119 e. The van der Waals surface area contributed by atoms with Gasteiger partial charge >= 0.3 is 0 Å². The van der Waals surface area contributed by atoms with E-state index in [-0.39, 0.29) is 0 Å². The van der Waals surface area contributed by atoms with E-state index in [1.165, 1.54) is 17.7 Å². The second kappa shape index (κ2) is 9.29. The normalized spacial score (nSPS) is 12.4. The molecular weight excluding hydrogens is 242 g/mol. The number of nitrogens with two attached hydrogens (primary N) is 1. The van der Waals surface area contributed by atoms with E-state index in [4.69, 9.17) is 10.5 Å². The van der Waals surface area contributed by atoms with Crippen molar-refractivity contribution in [2.24, 2.45) is 11.7 Å². The quantitative estimate of drug-likeness (QED) is 0.697. The zero-order valence-electron chi connectivity index (χ0n) is 11.5. The van der Waals surface area contributed by atoms with Crippen molar-refractivity contribution >= 4 is 11.8 Å². The second-order valence-electron chi connectivity index (χ2n) is 4.62. The van der Waals surface area contributed by atoms with Gasteiger partial charge in [0.25, 0.3) is 0 Å². The first-order valence-electron chi connectivity index (χ1n) is 6.75. The van der Waals surface area contributed by atoms with E-state index in [2.05, 4.69) is 26.0 Å². The topological polar surface area (TPSA) is 35.2 Å². The molecule has 0 heterocycles.